The number of anilines is 1. The van der Waals surface area contributed by atoms with E-state index < -0.39 is 15.8 Å². The van der Waals surface area contributed by atoms with Crippen molar-refractivity contribution in [3.05, 3.63) is 47.9 Å². The molecular weight excluding hydrogens is 567 g/mol. The number of fused-ring (bicyclic) bond motifs is 1. The van der Waals surface area contributed by atoms with E-state index in [0.29, 0.717) is 29.6 Å². The molecule has 1 aliphatic heterocycles. The molecule has 5 rings (SSSR count). The number of nitrogens with one attached hydrogen (secondary N) is 2. The van der Waals surface area contributed by atoms with Gasteiger partial charge in [-0.1, -0.05) is 6.07 Å². The highest BCUT2D eigenvalue weighted by molar-refractivity contribution is 7.89. The number of carbonyl (C=O) groups is 1. The van der Waals surface area contributed by atoms with Gasteiger partial charge in [-0.15, -0.1) is 0 Å². The zero-order chi connectivity index (χ0) is 30.9. The van der Waals surface area contributed by atoms with Crippen LogP contribution in [-0.2, 0) is 17.1 Å². The second kappa shape index (κ2) is 12.9. The van der Waals surface area contributed by atoms with Crippen molar-refractivity contribution in [2.75, 3.05) is 36.8 Å². The van der Waals surface area contributed by atoms with Crippen LogP contribution in [0.3, 0.4) is 0 Å². The molecule has 2 aliphatic rings. The maximum absolute atomic E-state index is 14.5. The standard InChI is InChI=1S/C32H45FN6O3S/c1-6-39(21(3)4)32(40)29-14-23(33)10-13-27(29)28-15-26(16-31-30(28)18-35-37(31)5)38-19-25(20-38)34-17-22-8-11-24(12-9-22)36-43(41,42)7-2/h10,13-16,18,21-22,24-25,34,36H,6-9,11-12,17,19-20H2,1-5H3. The Morgan fingerprint density at radius 3 is 2.44 bits per heavy atom. The Balaban J connectivity index is 1.29. The summed E-state index contributed by atoms with van der Waals surface area (Å²) in [5.41, 5.74) is 3.94. The molecule has 0 bridgehead atoms. The minimum Gasteiger partial charge on any atom is -0.368 e. The Morgan fingerprint density at radius 2 is 1.79 bits per heavy atom. The molecule has 1 saturated heterocycles. The van der Waals surface area contributed by atoms with Crippen molar-refractivity contribution in [3.63, 3.8) is 0 Å². The van der Waals surface area contributed by atoms with Crippen molar-refractivity contribution in [1.82, 2.24) is 24.7 Å². The molecule has 2 heterocycles. The number of sulfonamides is 1. The summed E-state index contributed by atoms with van der Waals surface area (Å²) in [4.78, 5) is 17.7. The molecule has 234 valence electrons. The molecule has 2 fully saturated rings. The second-order valence-electron chi connectivity index (χ2n) is 12.3. The third-order valence-corrected chi connectivity index (χ3v) is 10.5. The quantitative estimate of drug-likeness (QED) is 0.330. The van der Waals surface area contributed by atoms with E-state index >= 15 is 0 Å². The van der Waals surface area contributed by atoms with E-state index in [1.54, 1.807) is 17.9 Å². The van der Waals surface area contributed by atoms with Crippen molar-refractivity contribution in [2.45, 2.75) is 71.5 Å². The summed E-state index contributed by atoms with van der Waals surface area (Å²) in [5, 5.41) is 9.15. The van der Waals surface area contributed by atoms with E-state index in [9.17, 15) is 17.6 Å². The number of carbonyl (C=O) groups excluding carboxylic acids is 1. The van der Waals surface area contributed by atoms with Crippen LogP contribution in [0.25, 0.3) is 22.0 Å². The number of benzene rings is 2. The molecule has 11 heteroatoms. The molecule has 1 saturated carbocycles. The third-order valence-electron chi connectivity index (χ3n) is 9.09. The minimum absolute atomic E-state index is 0.00667. The summed E-state index contributed by atoms with van der Waals surface area (Å²) >= 11 is 0. The molecule has 2 aromatic carbocycles. The second-order valence-corrected chi connectivity index (χ2v) is 14.4. The normalized spacial score (nSPS) is 19.7. The van der Waals surface area contributed by atoms with Crippen LogP contribution >= 0.6 is 0 Å². The Morgan fingerprint density at radius 1 is 1.07 bits per heavy atom. The van der Waals surface area contributed by atoms with Gasteiger partial charge in [0.25, 0.3) is 5.91 Å². The van der Waals surface area contributed by atoms with Crippen molar-refractivity contribution in [2.24, 2.45) is 13.0 Å². The Bertz CT molecular complexity index is 1560. The average molecular weight is 613 g/mol. The maximum atomic E-state index is 14.5. The first-order valence-electron chi connectivity index (χ1n) is 15.5. The Kier molecular flexibility index (Phi) is 9.43. The zero-order valence-electron chi connectivity index (χ0n) is 25.9. The molecule has 1 aliphatic carbocycles. The topological polar surface area (TPSA) is 99.6 Å². The number of hydrogen-bond acceptors (Lipinski definition) is 6. The molecule has 0 spiro atoms. The predicted octanol–water partition coefficient (Wildman–Crippen LogP) is 4.53. The fourth-order valence-corrected chi connectivity index (χ4v) is 7.35. The van der Waals surface area contributed by atoms with Gasteiger partial charge in [-0.05, 0) is 101 Å². The minimum atomic E-state index is -3.15. The van der Waals surface area contributed by atoms with Gasteiger partial charge in [0.1, 0.15) is 5.82 Å². The third kappa shape index (κ3) is 6.89. The van der Waals surface area contributed by atoms with Gasteiger partial charge in [0.15, 0.2) is 0 Å². The summed E-state index contributed by atoms with van der Waals surface area (Å²) in [7, 11) is -1.24. The van der Waals surface area contributed by atoms with Gasteiger partial charge in [0.05, 0.1) is 23.0 Å². The maximum Gasteiger partial charge on any atom is 0.254 e. The number of amides is 1. The van der Waals surface area contributed by atoms with Crippen molar-refractivity contribution in [3.8, 4) is 11.1 Å². The highest BCUT2D eigenvalue weighted by Crippen LogP contribution is 2.37. The zero-order valence-corrected chi connectivity index (χ0v) is 26.8. The number of nitrogens with zero attached hydrogens (tertiary/aromatic N) is 4. The van der Waals surface area contributed by atoms with Gasteiger partial charge in [-0.2, -0.15) is 5.10 Å². The average Bonchev–Trinajstić information content (AvgIpc) is 3.33. The van der Waals surface area contributed by atoms with Gasteiger partial charge >= 0.3 is 0 Å². The molecule has 3 aromatic rings. The summed E-state index contributed by atoms with van der Waals surface area (Å²) in [6.07, 6.45) is 5.63. The largest absolute Gasteiger partial charge is 0.368 e. The fourth-order valence-electron chi connectivity index (χ4n) is 6.44. The van der Waals surface area contributed by atoms with E-state index in [4.69, 9.17) is 0 Å². The highest BCUT2D eigenvalue weighted by atomic mass is 32.2. The van der Waals surface area contributed by atoms with Crippen LogP contribution < -0.4 is 14.9 Å². The van der Waals surface area contributed by atoms with Gasteiger partial charge in [0, 0.05) is 55.9 Å². The van der Waals surface area contributed by atoms with E-state index in [-0.39, 0.29) is 23.7 Å². The van der Waals surface area contributed by atoms with Crippen molar-refractivity contribution < 1.29 is 17.6 Å². The van der Waals surface area contributed by atoms with Crippen LogP contribution in [0.4, 0.5) is 10.1 Å². The van der Waals surface area contributed by atoms with Gasteiger partial charge < -0.3 is 15.1 Å². The molecule has 9 nitrogen and oxygen atoms in total. The van der Waals surface area contributed by atoms with Crippen molar-refractivity contribution >= 4 is 32.5 Å². The summed E-state index contributed by atoms with van der Waals surface area (Å²) in [6.45, 7) is 10.7. The van der Waals surface area contributed by atoms with E-state index in [2.05, 4.69) is 32.2 Å². The summed E-state index contributed by atoms with van der Waals surface area (Å²) < 4.78 is 43.0. The monoisotopic (exact) mass is 612 g/mol. The van der Waals surface area contributed by atoms with Crippen LogP contribution in [0.5, 0.6) is 0 Å². The van der Waals surface area contributed by atoms with Crippen molar-refractivity contribution in [1.29, 1.82) is 0 Å². The first-order valence-corrected chi connectivity index (χ1v) is 17.2. The van der Waals surface area contributed by atoms with Gasteiger partial charge in [0.2, 0.25) is 10.0 Å². The Labute approximate surface area is 254 Å². The lowest BCUT2D eigenvalue weighted by atomic mass is 9.86. The molecular formula is C32H45FN6O3S. The number of hydrogen-bond donors (Lipinski definition) is 2. The number of aryl methyl sites for hydroxylation is 1. The molecule has 1 aromatic heterocycles. The van der Waals surface area contributed by atoms with Crippen LogP contribution in [0, 0.1) is 11.7 Å². The summed E-state index contributed by atoms with van der Waals surface area (Å²) in [5.74, 6) is 0.0645. The van der Waals surface area contributed by atoms with E-state index in [0.717, 1.165) is 67.5 Å². The van der Waals surface area contributed by atoms with Crippen LogP contribution in [-0.4, -0.2) is 79.1 Å². The van der Waals surface area contributed by atoms with E-state index in [1.807, 2.05) is 38.7 Å². The molecule has 0 atom stereocenters. The fraction of sp³-hybridized carbons (Fsp3) is 0.562. The smallest absolute Gasteiger partial charge is 0.254 e. The lowest BCUT2D eigenvalue weighted by molar-refractivity contribution is 0.0717. The number of aromatic nitrogens is 2. The molecule has 0 radical (unpaired) electrons. The first kappa shape index (κ1) is 31.4. The number of rotatable bonds is 11. The van der Waals surface area contributed by atoms with Crippen LogP contribution in [0.2, 0.25) is 0 Å². The highest BCUT2D eigenvalue weighted by Gasteiger charge is 2.30. The predicted molar refractivity (Wildman–Crippen MR) is 170 cm³/mol. The first-order chi connectivity index (χ1) is 20.5. The molecule has 1 amide bonds. The van der Waals surface area contributed by atoms with Gasteiger partial charge in [-0.3, -0.25) is 9.48 Å². The van der Waals surface area contributed by atoms with Gasteiger partial charge in [-0.25, -0.2) is 17.5 Å². The molecule has 0 unspecified atom stereocenters. The molecule has 43 heavy (non-hydrogen) atoms. The lowest BCUT2D eigenvalue weighted by Gasteiger charge is -2.42. The lowest BCUT2D eigenvalue weighted by Crippen LogP contribution is -2.59. The number of halogens is 1. The van der Waals surface area contributed by atoms with Crippen LogP contribution in [0.1, 0.15) is 63.7 Å². The summed E-state index contributed by atoms with van der Waals surface area (Å²) in [6, 6.07) is 9.15. The molecule has 2 N–H and O–H groups in total. The Hall–Kier alpha value is -3.02. The van der Waals surface area contributed by atoms with E-state index in [1.165, 1.54) is 12.1 Å². The van der Waals surface area contributed by atoms with Crippen LogP contribution in [0.15, 0.2) is 36.5 Å². The SMILES string of the molecule is CCN(C(=O)c1cc(F)ccc1-c1cc(N2CC(NCC3CCC(NS(=O)(=O)CC)CC3)C2)cc2c1cnn2C)C(C)C.